The molecule has 216 valence electrons. The molecular weight excluding hydrogens is 566 g/mol. The van der Waals surface area contributed by atoms with Gasteiger partial charge in [0.25, 0.3) is 0 Å². The Balaban J connectivity index is 1.18. The molecule has 0 bridgehead atoms. The van der Waals surface area contributed by atoms with E-state index in [4.69, 9.17) is 11.6 Å². The zero-order chi connectivity index (χ0) is 29.3. The Morgan fingerprint density at radius 3 is 2.02 bits per heavy atom. The second-order valence-corrected chi connectivity index (χ2v) is 10.6. The minimum absolute atomic E-state index is 0.193. The number of hydrogen-bond donors (Lipinski definition) is 1. The summed E-state index contributed by atoms with van der Waals surface area (Å²) in [5.41, 5.74) is 0.0554. The molecule has 1 aliphatic rings. The number of anilines is 2. The largest absolute Gasteiger partial charge is 0.381 e. The van der Waals surface area contributed by atoms with Crippen LogP contribution in [0.25, 0.3) is 5.69 Å². The number of benzene rings is 3. The summed E-state index contributed by atoms with van der Waals surface area (Å²) in [4.78, 5) is 21.8. The van der Waals surface area contributed by atoms with Crippen molar-refractivity contribution in [3.05, 3.63) is 118 Å². The monoisotopic (exact) mass is 592 g/mol. The van der Waals surface area contributed by atoms with E-state index in [0.717, 1.165) is 54.4 Å². The van der Waals surface area contributed by atoms with Crippen molar-refractivity contribution in [2.75, 3.05) is 36.0 Å². The van der Waals surface area contributed by atoms with E-state index in [1.165, 1.54) is 28.2 Å². The summed E-state index contributed by atoms with van der Waals surface area (Å²) >= 11 is 6.02. The quantitative estimate of drug-likeness (QED) is 0.295. The highest BCUT2D eigenvalue weighted by Crippen LogP contribution is 2.28. The molecule has 5 aromatic rings. The summed E-state index contributed by atoms with van der Waals surface area (Å²) in [5.74, 6) is -1.73. The average molecular weight is 593 g/mol. The van der Waals surface area contributed by atoms with E-state index in [1.807, 2.05) is 48.5 Å². The van der Waals surface area contributed by atoms with Gasteiger partial charge in [-0.3, -0.25) is 0 Å². The van der Waals surface area contributed by atoms with Gasteiger partial charge in [-0.1, -0.05) is 17.7 Å². The summed E-state index contributed by atoms with van der Waals surface area (Å²) in [6, 6.07) is 18.3. The molecule has 1 saturated heterocycles. The Bertz CT molecular complexity index is 1720. The minimum Gasteiger partial charge on any atom is -0.381 e. The highest BCUT2D eigenvalue weighted by atomic mass is 35.5. The molecule has 1 aliphatic heterocycles. The second kappa shape index (κ2) is 11.4. The van der Waals surface area contributed by atoms with Crippen LogP contribution in [0.4, 0.5) is 20.2 Å². The molecule has 10 nitrogen and oxygen atoms in total. The van der Waals surface area contributed by atoms with E-state index in [0.29, 0.717) is 16.8 Å². The van der Waals surface area contributed by atoms with Gasteiger partial charge in [-0.05, 0) is 54.6 Å². The van der Waals surface area contributed by atoms with Crippen LogP contribution in [-0.2, 0) is 18.7 Å². The third kappa shape index (κ3) is 5.63. The molecule has 0 amide bonds. The molecule has 0 spiro atoms. The van der Waals surface area contributed by atoms with Crippen molar-refractivity contribution in [3.8, 4) is 5.69 Å². The summed E-state index contributed by atoms with van der Waals surface area (Å²) < 4.78 is 32.1. The number of halogens is 3. The van der Waals surface area contributed by atoms with Gasteiger partial charge < -0.3 is 14.9 Å². The molecule has 0 radical (unpaired) electrons. The predicted octanol–water partition coefficient (Wildman–Crippen LogP) is 3.47. The molecule has 2 aromatic heterocycles. The lowest BCUT2D eigenvalue weighted by Gasteiger charge is -2.37. The fourth-order valence-electron chi connectivity index (χ4n) is 5.24. The molecule has 0 aliphatic carbocycles. The van der Waals surface area contributed by atoms with Crippen LogP contribution < -0.4 is 15.5 Å². The molecule has 3 heterocycles. The van der Waals surface area contributed by atoms with Gasteiger partial charge in [0.05, 0.1) is 18.8 Å². The predicted molar refractivity (Wildman–Crippen MR) is 154 cm³/mol. The van der Waals surface area contributed by atoms with Crippen molar-refractivity contribution in [2.24, 2.45) is 0 Å². The van der Waals surface area contributed by atoms with Crippen molar-refractivity contribution in [1.29, 1.82) is 0 Å². The Labute approximate surface area is 244 Å². The van der Waals surface area contributed by atoms with E-state index in [-0.39, 0.29) is 12.1 Å². The summed E-state index contributed by atoms with van der Waals surface area (Å²) in [6.07, 6.45) is 3.97. The first-order valence-electron chi connectivity index (χ1n) is 13.3. The molecule has 1 unspecified atom stereocenters. The molecule has 1 fully saturated rings. The lowest BCUT2D eigenvalue weighted by Crippen LogP contribution is -2.46. The number of nitrogens with zero attached hydrogens (tertiary/aromatic N) is 8. The van der Waals surface area contributed by atoms with E-state index in [2.05, 4.69) is 25.0 Å². The lowest BCUT2D eigenvalue weighted by molar-refractivity contribution is -0.00948. The van der Waals surface area contributed by atoms with Crippen LogP contribution in [0.15, 0.2) is 90.5 Å². The summed E-state index contributed by atoms with van der Waals surface area (Å²) in [5, 5.41) is 20.5. The normalized spacial score (nSPS) is 15.1. The van der Waals surface area contributed by atoms with Crippen molar-refractivity contribution in [2.45, 2.75) is 18.7 Å². The number of aromatic nitrogens is 6. The number of aliphatic hydroxyl groups is 1. The molecule has 13 heteroatoms. The zero-order valence-electron chi connectivity index (χ0n) is 22.4. The van der Waals surface area contributed by atoms with Crippen LogP contribution in [-0.4, -0.2) is 60.4 Å². The standard InChI is InChI=1S/C29H27ClF2N8O2/c30-21-1-4-23(5-2-21)36-11-13-37(14-12-36)24-6-8-25(9-7-24)39-20-35-40(28(39)41)17-29(42,16-38-19-33-18-34-38)26-10-3-22(31)15-27(26)32/h1-10,15,18-20,42H,11-14,16-17H2. The number of rotatable bonds is 8. The van der Waals surface area contributed by atoms with Crippen LogP contribution in [0, 0.1) is 11.6 Å². The summed E-state index contributed by atoms with van der Waals surface area (Å²) in [6.45, 7) is 2.75. The maximum absolute atomic E-state index is 14.8. The smallest absolute Gasteiger partial charge is 0.350 e. The van der Waals surface area contributed by atoms with Crippen molar-refractivity contribution < 1.29 is 13.9 Å². The fraction of sp³-hybridized carbons (Fsp3) is 0.241. The first-order valence-corrected chi connectivity index (χ1v) is 13.7. The van der Waals surface area contributed by atoms with Gasteiger partial charge in [0.1, 0.15) is 36.2 Å². The van der Waals surface area contributed by atoms with Crippen molar-refractivity contribution in [1.82, 2.24) is 29.1 Å². The van der Waals surface area contributed by atoms with E-state index >= 15 is 0 Å². The van der Waals surface area contributed by atoms with Crippen molar-refractivity contribution in [3.63, 3.8) is 0 Å². The Morgan fingerprint density at radius 2 is 1.43 bits per heavy atom. The Morgan fingerprint density at radius 1 is 0.810 bits per heavy atom. The van der Waals surface area contributed by atoms with Gasteiger partial charge >= 0.3 is 5.69 Å². The Kier molecular flexibility index (Phi) is 7.48. The number of piperazine rings is 1. The van der Waals surface area contributed by atoms with E-state index in [9.17, 15) is 18.7 Å². The van der Waals surface area contributed by atoms with Gasteiger partial charge in [0.2, 0.25) is 0 Å². The van der Waals surface area contributed by atoms with E-state index in [1.54, 1.807) is 0 Å². The van der Waals surface area contributed by atoms with E-state index < -0.39 is 29.5 Å². The first-order chi connectivity index (χ1) is 20.3. The SMILES string of the molecule is O=c1n(-c2ccc(N3CCN(c4ccc(Cl)cc4)CC3)cc2)cnn1CC(O)(Cn1cncn1)c1ccc(F)cc1F. The minimum atomic E-state index is -1.98. The molecule has 42 heavy (non-hydrogen) atoms. The van der Waals surface area contributed by atoms with Crippen LogP contribution in [0.2, 0.25) is 5.02 Å². The maximum Gasteiger partial charge on any atom is 0.350 e. The van der Waals surface area contributed by atoms with Crippen LogP contribution >= 0.6 is 11.6 Å². The Hall–Kier alpha value is -4.55. The van der Waals surface area contributed by atoms with Crippen LogP contribution in [0.5, 0.6) is 0 Å². The molecule has 3 aromatic carbocycles. The lowest BCUT2D eigenvalue weighted by atomic mass is 9.93. The molecule has 0 saturated carbocycles. The molecule has 6 rings (SSSR count). The second-order valence-electron chi connectivity index (χ2n) is 10.2. The third-order valence-electron chi connectivity index (χ3n) is 7.43. The molecule has 1 atom stereocenters. The van der Waals surface area contributed by atoms with Gasteiger partial charge in [-0.25, -0.2) is 32.5 Å². The highest BCUT2D eigenvalue weighted by molar-refractivity contribution is 6.30. The fourth-order valence-corrected chi connectivity index (χ4v) is 5.36. The molecular formula is C29H27ClF2N8O2. The van der Waals surface area contributed by atoms with Gasteiger partial charge in [0.15, 0.2) is 0 Å². The van der Waals surface area contributed by atoms with Gasteiger partial charge in [-0.15, -0.1) is 0 Å². The highest BCUT2D eigenvalue weighted by Gasteiger charge is 2.35. The average Bonchev–Trinajstić information content (AvgIpc) is 3.63. The maximum atomic E-state index is 14.8. The number of hydrogen-bond acceptors (Lipinski definition) is 7. The van der Waals surface area contributed by atoms with Gasteiger partial charge in [0, 0.05) is 54.2 Å². The summed E-state index contributed by atoms with van der Waals surface area (Å²) in [7, 11) is 0. The zero-order valence-corrected chi connectivity index (χ0v) is 23.1. The molecule has 1 N–H and O–H groups in total. The van der Waals surface area contributed by atoms with Crippen LogP contribution in [0.1, 0.15) is 5.56 Å². The van der Waals surface area contributed by atoms with Crippen molar-refractivity contribution >= 4 is 23.0 Å². The van der Waals surface area contributed by atoms with Gasteiger partial charge in [-0.2, -0.15) is 10.2 Å². The van der Waals surface area contributed by atoms with Crippen LogP contribution in [0.3, 0.4) is 0 Å². The topological polar surface area (TPSA) is 97.2 Å². The third-order valence-corrected chi connectivity index (χ3v) is 7.68. The first kappa shape index (κ1) is 27.6.